The van der Waals surface area contributed by atoms with Crippen LogP contribution in [0.1, 0.15) is 79.0 Å². The number of nitrogens with zero attached hydrogens (tertiary/aromatic N) is 3. The summed E-state index contributed by atoms with van der Waals surface area (Å²) in [7, 11) is 3.87. The third-order valence-electron chi connectivity index (χ3n) is 12.4. The van der Waals surface area contributed by atoms with Gasteiger partial charge in [0.1, 0.15) is 5.82 Å². The van der Waals surface area contributed by atoms with Gasteiger partial charge in [-0.25, -0.2) is 4.98 Å². The van der Waals surface area contributed by atoms with E-state index in [1.54, 1.807) is 0 Å². The fourth-order valence-corrected chi connectivity index (χ4v) is 8.78. The van der Waals surface area contributed by atoms with E-state index in [2.05, 4.69) is 147 Å². The Bertz CT molecular complexity index is 3320. The molecule has 0 aliphatic heterocycles. The van der Waals surface area contributed by atoms with E-state index in [0.29, 0.717) is 28.3 Å². The number of benzene rings is 7. The monoisotopic (exact) mass is 1050 g/mol. The van der Waals surface area contributed by atoms with Crippen molar-refractivity contribution in [3.8, 4) is 78.6 Å². The summed E-state index contributed by atoms with van der Waals surface area (Å²) in [6.07, 6.45) is 1.85. The molecule has 0 spiro atoms. The first-order valence-corrected chi connectivity index (χ1v) is 22.3. The second-order valence-electron chi connectivity index (χ2n) is 19.4. The summed E-state index contributed by atoms with van der Waals surface area (Å²) < 4.78 is 35.2. The van der Waals surface area contributed by atoms with Crippen molar-refractivity contribution in [1.82, 2.24) is 14.5 Å². The zero-order chi connectivity index (χ0) is 48.3. The number of rotatable bonds is 8. The molecular formula is C61H57N3OPt. The van der Waals surface area contributed by atoms with Crippen molar-refractivity contribution in [1.29, 1.82) is 0 Å². The molecule has 4 nitrogen and oxygen atoms in total. The van der Waals surface area contributed by atoms with Crippen LogP contribution in [0.25, 0.3) is 83.9 Å². The average molecular weight is 1050 g/mol. The van der Waals surface area contributed by atoms with Crippen LogP contribution >= 0.6 is 0 Å². The second-order valence-corrected chi connectivity index (χ2v) is 19.4. The molecule has 66 heavy (non-hydrogen) atoms. The topological polar surface area (TPSA) is 39.9 Å². The first-order valence-electron chi connectivity index (χ1n) is 23.8. The second kappa shape index (κ2) is 18.1. The van der Waals surface area contributed by atoms with E-state index in [-0.39, 0.29) is 37.5 Å². The normalized spacial score (nSPS) is 12.6. The van der Waals surface area contributed by atoms with Crippen molar-refractivity contribution < 1.29 is 29.9 Å². The number of aryl methyl sites for hydroxylation is 4. The predicted molar refractivity (Wildman–Crippen MR) is 273 cm³/mol. The Kier molecular flexibility index (Phi) is 11.6. The number of fused-ring (bicyclic) bond motifs is 1. The standard InChI is InChI=1S/C61H57N3O.Pt/c1-38-20-22-43(23-21-38)45-26-27-62-54(36-45)49-32-46(42-16-13-12-14-17-42)31-48(33-49)52-18-15-19-56-57(52)63-59(53-29-39(2)28-41(4)58(53)65-11)64(56)55-25-24-44(30-40(55)3)47-34-50(60(5,6)7)37-51(35-47)61(8,9)10;/h12-32,34-37H,11H2,1-10H3;/q-2;+2/i3D3;. The third-order valence-corrected chi connectivity index (χ3v) is 12.4. The summed E-state index contributed by atoms with van der Waals surface area (Å²) in [5, 5.41) is 0. The molecule has 0 unspecified atom stereocenters. The van der Waals surface area contributed by atoms with Gasteiger partial charge < -0.3 is 4.74 Å². The Morgan fingerprint density at radius 3 is 1.91 bits per heavy atom. The summed E-state index contributed by atoms with van der Waals surface area (Å²) in [5.74, 6) is 1.10. The van der Waals surface area contributed by atoms with Gasteiger partial charge >= 0.3 is 21.1 Å². The van der Waals surface area contributed by atoms with Gasteiger partial charge in [-0.2, -0.15) is 7.11 Å². The third kappa shape index (κ3) is 9.09. The maximum atomic E-state index is 9.11. The van der Waals surface area contributed by atoms with Gasteiger partial charge in [-0.05, 0) is 124 Å². The van der Waals surface area contributed by atoms with Crippen LogP contribution in [-0.2, 0) is 31.9 Å². The Morgan fingerprint density at radius 1 is 0.576 bits per heavy atom. The van der Waals surface area contributed by atoms with E-state index < -0.39 is 6.85 Å². The van der Waals surface area contributed by atoms with Gasteiger partial charge in [0.05, 0.1) is 28.0 Å². The summed E-state index contributed by atoms with van der Waals surface area (Å²) in [4.78, 5) is 10.4. The summed E-state index contributed by atoms with van der Waals surface area (Å²) >= 11 is 0. The van der Waals surface area contributed by atoms with Crippen molar-refractivity contribution in [2.75, 3.05) is 0 Å². The van der Waals surface area contributed by atoms with Crippen molar-refractivity contribution in [3.05, 3.63) is 198 Å². The Labute approximate surface area is 410 Å². The van der Waals surface area contributed by atoms with Gasteiger partial charge in [-0.3, -0.25) is 9.55 Å². The molecule has 7 aromatic carbocycles. The quantitative estimate of drug-likeness (QED) is 0.142. The van der Waals surface area contributed by atoms with Crippen LogP contribution in [0.15, 0.2) is 152 Å². The number of hydrogen-bond acceptors (Lipinski definition) is 3. The number of para-hydroxylation sites is 1. The molecule has 0 saturated heterocycles. The summed E-state index contributed by atoms with van der Waals surface area (Å²) in [6.45, 7) is 16.9. The van der Waals surface area contributed by atoms with Crippen LogP contribution in [-0.4, -0.2) is 14.5 Å². The van der Waals surface area contributed by atoms with E-state index in [0.717, 1.165) is 72.4 Å². The minimum Gasteiger partial charge on any atom is -0.665 e. The molecule has 0 radical (unpaired) electrons. The van der Waals surface area contributed by atoms with Crippen LogP contribution in [0.5, 0.6) is 5.75 Å². The molecule has 5 heteroatoms. The maximum absolute atomic E-state index is 9.11. The fourth-order valence-electron chi connectivity index (χ4n) is 8.78. The van der Waals surface area contributed by atoms with Crippen molar-refractivity contribution >= 4 is 11.0 Å². The summed E-state index contributed by atoms with van der Waals surface area (Å²) in [5.41, 5.74) is 17.4. The maximum Gasteiger partial charge on any atom is 2.00 e. The van der Waals surface area contributed by atoms with Gasteiger partial charge in [-0.1, -0.05) is 167 Å². The number of hydrogen-bond donors (Lipinski definition) is 0. The molecular weight excluding hydrogens is 986 g/mol. The van der Waals surface area contributed by atoms with Crippen molar-refractivity contribution in [2.24, 2.45) is 0 Å². The van der Waals surface area contributed by atoms with Crippen LogP contribution in [0.2, 0.25) is 0 Å². The van der Waals surface area contributed by atoms with Crippen LogP contribution < -0.4 is 4.74 Å². The van der Waals surface area contributed by atoms with Crippen LogP contribution in [0, 0.1) is 40.8 Å². The SMILES string of the molecule is [2H]C([2H])([2H])c1cc(-c2cc(C(C)(C)C)cc(C(C)(C)C)c2)ccc1-n1c(-c2cc(C)cc(C)c2O[CH2-])nc2c(-c3[c-]c(-c4cc(-c5ccc(C)cc5)ccn4)cc(-c4ccccc4)c3)cccc21.[Pt+2]. The number of pyridine rings is 1. The largest absolute Gasteiger partial charge is 2.00 e. The minimum atomic E-state index is -2.49. The zero-order valence-electron chi connectivity index (χ0n) is 42.2. The number of ether oxygens (including phenoxy) is 1. The average Bonchev–Trinajstić information content (AvgIpc) is 3.70. The molecule has 0 aliphatic rings. The van der Waals surface area contributed by atoms with Crippen LogP contribution in [0.4, 0.5) is 0 Å². The minimum absolute atomic E-state index is 0. The van der Waals surface area contributed by atoms with Gasteiger partial charge in [0.25, 0.3) is 0 Å². The zero-order valence-corrected chi connectivity index (χ0v) is 41.5. The first-order chi connectivity index (χ1) is 32.3. The van der Waals surface area contributed by atoms with E-state index in [1.165, 1.54) is 16.7 Å². The molecule has 2 aromatic heterocycles. The number of aromatic nitrogens is 3. The van der Waals surface area contributed by atoms with Crippen molar-refractivity contribution in [2.45, 2.75) is 80.0 Å². The molecule has 0 bridgehead atoms. The smallest absolute Gasteiger partial charge is 0.665 e. The Balaban J connectivity index is 0.00000642. The molecule has 0 saturated carbocycles. The van der Waals surface area contributed by atoms with Gasteiger partial charge in [0, 0.05) is 16.0 Å². The van der Waals surface area contributed by atoms with Gasteiger partial charge in [0.2, 0.25) is 0 Å². The Hall–Kier alpha value is -6.35. The summed E-state index contributed by atoms with van der Waals surface area (Å²) in [6, 6.07) is 53.7. The fraction of sp³-hybridized carbons (Fsp3) is 0.197. The molecule has 0 aliphatic carbocycles. The van der Waals surface area contributed by atoms with Gasteiger partial charge in [-0.15, -0.1) is 23.8 Å². The molecule has 2 heterocycles. The molecule has 0 atom stereocenters. The van der Waals surface area contributed by atoms with E-state index in [4.69, 9.17) is 18.8 Å². The number of imidazole rings is 1. The molecule has 9 rings (SSSR count). The van der Waals surface area contributed by atoms with Crippen LogP contribution in [0.3, 0.4) is 0 Å². The molecule has 0 amide bonds. The predicted octanol–water partition coefficient (Wildman–Crippen LogP) is 16.2. The first kappa shape index (κ1) is 42.3. The molecule has 0 N–H and O–H groups in total. The van der Waals surface area contributed by atoms with Gasteiger partial charge in [0.15, 0.2) is 0 Å². The van der Waals surface area contributed by atoms with Crippen molar-refractivity contribution in [3.63, 3.8) is 0 Å². The van der Waals surface area contributed by atoms with E-state index in [1.807, 2.05) is 85.3 Å². The van der Waals surface area contributed by atoms with E-state index in [9.17, 15) is 0 Å². The molecule has 0 fully saturated rings. The Morgan fingerprint density at radius 2 is 1.23 bits per heavy atom. The van der Waals surface area contributed by atoms with E-state index >= 15 is 0 Å². The molecule has 9 aromatic rings. The molecule has 332 valence electrons.